The number of ether oxygens (including phenoxy) is 1. The maximum absolute atomic E-state index is 13.6. The van der Waals surface area contributed by atoms with Gasteiger partial charge in [-0.3, -0.25) is 4.79 Å². The van der Waals surface area contributed by atoms with Crippen LogP contribution in [0.15, 0.2) is 48.5 Å². The Labute approximate surface area is 138 Å². The van der Waals surface area contributed by atoms with Crippen molar-refractivity contribution in [1.29, 1.82) is 0 Å². The van der Waals surface area contributed by atoms with E-state index in [9.17, 15) is 14.0 Å². The molecular weight excluding hydrogens is 321 g/mol. The van der Waals surface area contributed by atoms with Crippen molar-refractivity contribution in [2.24, 2.45) is 0 Å². The zero-order chi connectivity index (χ0) is 16.8. The van der Waals surface area contributed by atoms with Gasteiger partial charge in [0.1, 0.15) is 5.82 Å². The summed E-state index contributed by atoms with van der Waals surface area (Å²) >= 11 is 5.72. The second kappa shape index (κ2) is 7.74. The second-order valence-corrected chi connectivity index (χ2v) is 5.31. The monoisotopic (exact) mass is 335 g/mol. The fraction of sp³-hybridized carbons (Fsp3) is 0.176. The van der Waals surface area contributed by atoms with Gasteiger partial charge in [-0.15, -0.1) is 0 Å². The van der Waals surface area contributed by atoms with Crippen LogP contribution in [0.2, 0.25) is 5.02 Å². The van der Waals surface area contributed by atoms with E-state index in [4.69, 9.17) is 16.3 Å². The van der Waals surface area contributed by atoms with Crippen molar-refractivity contribution in [1.82, 2.24) is 5.32 Å². The zero-order valence-electron chi connectivity index (χ0n) is 12.4. The summed E-state index contributed by atoms with van der Waals surface area (Å²) < 4.78 is 18.6. The molecule has 4 nitrogen and oxygen atoms in total. The number of hydrogen-bond acceptors (Lipinski definition) is 3. The van der Waals surface area contributed by atoms with E-state index < -0.39 is 23.8 Å². The largest absolute Gasteiger partial charge is 0.449 e. The third-order valence-corrected chi connectivity index (χ3v) is 3.35. The fourth-order valence-electron chi connectivity index (χ4n) is 1.86. The van der Waals surface area contributed by atoms with Crippen LogP contribution in [0.3, 0.4) is 0 Å². The van der Waals surface area contributed by atoms with E-state index in [0.29, 0.717) is 6.54 Å². The van der Waals surface area contributed by atoms with Crippen molar-refractivity contribution in [2.75, 3.05) is 0 Å². The number of benzene rings is 2. The Kier molecular flexibility index (Phi) is 5.71. The summed E-state index contributed by atoms with van der Waals surface area (Å²) in [5, 5.41) is 2.85. The van der Waals surface area contributed by atoms with Crippen LogP contribution in [0, 0.1) is 5.82 Å². The van der Waals surface area contributed by atoms with Gasteiger partial charge < -0.3 is 10.1 Å². The van der Waals surface area contributed by atoms with Gasteiger partial charge in [-0.2, -0.15) is 0 Å². The highest BCUT2D eigenvalue weighted by atomic mass is 35.5. The first-order valence-corrected chi connectivity index (χ1v) is 7.33. The molecule has 2 rings (SSSR count). The average molecular weight is 336 g/mol. The number of hydrogen-bond donors (Lipinski definition) is 1. The van der Waals surface area contributed by atoms with Gasteiger partial charge in [-0.25, -0.2) is 9.18 Å². The van der Waals surface area contributed by atoms with Crippen molar-refractivity contribution in [2.45, 2.75) is 19.6 Å². The molecule has 0 aliphatic carbocycles. The molecule has 120 valence electrons. The molecule has 1 N–H and O–H groups in total. The van der Waals surface area contributed by atoms with Gasteiger partial charge in [0.15, 0.2) is 6.10 Å². The molecule has 23 heavy (non-hydrogen) atoms. The van der Waals surface area contributed by atoms with Gasteiger partial charge in [0, 0.05) is 11.6 Å². The van der Waals surface area contributed by atoms with Crippen LogP contribution in [0.25, 0.3) is 0 Å². The van der Waals surface area contributed by atoms with Crippen molar-refractivity contribution >= 4 is 23.5 Å². The van der Waals surface area contributed by atoms with Crippen LogP contribution in [0.1, 0.15) is 22.8 Å². The topological polar surface area (TPSA) is 55.4 Å². The lowest BCUT2D eigenvalue weighted by Crippen LogP contribution is -2.35. The molecule has 0 unspecified atom stereocenters. The summed E-state index contributed by atoms with van der Waals surface area (Å²) in [6.07, 6.45) is -1.05. The molecule has 0 heterocycles. The predicted octanol–water partition coefficient (Wildman–Crippen LogP) is 3.34. The molecule has 0 spiro atoms. The van der Waals surface area contributed by atoms with Crippen LogP contribution in [0.5, 0.6) is 0 Å². The van der Waals surface area contributed by atoms with E-state index in [0.717, 1.165) is 17.7 Å². The maximum Gasteiger partial charge on any atom is 0.341 e. The zero-order valence-corrected chi connectivity index (χ0v) is 13.1. The first-order valence-electron chi connectivity index (χ1n) is 6.95. The Balaban J connectivity index is 1.92. The maximum atomic E-state index is 13.6. The lowest BCUT2D eigenvalue weighted by molar-refractivity contribution is -0.129. The molecule has 0 aliphatic rings. The van der Waals surface area contributed by atoms with Gasteiger partial charge in [0.05, 0.1) is 5.56 Å². The Hall–Kier alpha value is -2.40. The van der Waals surface area contributed by atoms with E-state index in [-0.39, 0.29) is 10.6 Å². The minimum atomic E-state index is -1.05. The normalized spacial score (nSPS) is 11.6. The average Bonchev–Trinajstić information content (AvgIpc) is 2.55. The summed E-state index contributed by atoms with van der Waals surface area (Å²) in [6.45, 7) is 1.73. The molecule has 6 heteroatoms. The molecule has 0 saturated heterocycles. The summed E-state index contributed by atoms with van der Waals surface area (Å²) in [7, 11) is 0. The van der Waals surface area contributed by atoms with E-state index in [1.807, 2.05) is 30.3 Å². The smallest absolute Gasteiger partial charge is 0.341 e. The number of carbonyl (C=O) groups excluding carboxylic acids is 2. The highest BCUT2D eigenvalue weighted by Crippen LogP contribution is 2.16. The summed E-state index contributed by atoms with van der Waals surface area (Å²) in [5.41, 5.74) is 0.612. The SMILES string of the molecule is C[C@H](OC(=O)c1cc(Cl)ccc1F)C(=O)NCc1ccccc1. The first-order chi connectivity index (χ1) is 11.0. The molecule has 1 atom stereocenters. The van der Waals surface area contributed by atoms with Crippen molar-refractivity contribution in [3.8, 4) is 0 Å². The van der Waals surface area contributed by atoms with Crippen LogP contribution >= 0.6 is 11.6 Å². The summed E-state index contributed by atoms with van der Waals surface area (Å²) in [4.78, 5) is 23.8. The fourth-order valence-corrected chi connectivity index (χ4v) is 2.03. The molecule has 2 aromatic carbocycles. The lowest BCUT2D eigenvalue weighted by Gasteiger charge is -2.14. The molecule has 0 aliphatic heterocycles. The van der Waals surface area contributed by atoms with Crippen molar-refractivity contribution < 1.29 is 18.7 Å². The highest BCUT2D eigenvalue weighted by molar-refractivity contribution is 6.30. The lowest BCUT2D eigenvalue weighted by atomic mass is 10.2. The molecule has 0 saturated carbocycles. The third kappa shape index (κ3) is 4.79. The van der Waals surface area contributed by atoms with Crippen molar-refractivity contribution in [3.05, 3.63) is 70.5 Å². The number of rotatable bonds is 5. The van der Waals surface area contributed by atoms with Crippen molar-refractivity contribution in [3.63, 3.8) is 0 Å². The first kappa shape index (κ1) is 17.0. The van der Waals surface area contributed by atoms with Gasteiger partial charge >= 0.3 is 5.97 Å². The van der Waals surface area contributed by atoms with E-state index in [1.54, 1.807) is 0 Å². The molecular formula is C17H15ClFNO3. The van der Waals surface area contributed by atoms with Gasteiger partial charge in [-0.1, -0.05) is 41.9 Å². The van der Waals surface area contributed by atoms with Gasteiger partial charge in [-0.05, 0) is 30.7 Å². The minimum absolute atomic E-state index is 0.208. The molecule has 1 amide bonds. The Morgan fingerprint density at radius 3 is 2.61 bits per heavy atom. The second-order valence-electron chi connectivity index (χ2n) is 4.88. The molecule has 2 aromatic rings. The molecule has 0 radical (unpaired) electrons. The Morgan fingerprint density at radius 2 is 1.91 bits per heavy atom. The molecule has 0 bridgehead atoms. The standard InChI is InChI=1S/C17H15ClFNO3/c1-11(16(21)20-10-12-5-3-2-4-6-12)23-17(22)14-9-13(18)7-8-15(14)19/h2-9,11H,10H2,1H3,(H,20,21)/t11-/m0/s1. The Bertz CT molecular complexity index is 706. The number of esters is 1. The highest BCUT2D eigenvalue weighted by Gasteiger charge is 2.21. The quantitative estimate of drug-likeness (QED) is 0.853. The summed E-state index contributed by atoms with van der Waals surface area (Å²) in [6, 6.07) is 12.8. The third-order valence-electron chi connectivity index (χ3n) is 3.11. The van der Waals surface area contributed by atoms with Crippen LogP contribution in [0.4, 0.5) is 4.39 Å². The van der Waals surface area contributed by atoms with Crippen LogP contribution in [-0.2, 0) is 16.1 Å². The minimum Gasteiger partial charge on any atom is -0.449 e. The predicted molar refractivity (Wildman–Crippen MR) is 84.6 cm³/mol. The number of carbonyl (C=O) groups is 2. The van der Waals surface area contributed by atoms with E-state index in [1.165, 1.54) is 13.0 Å². The number of amides is 1. The van der Waals surface area contributed by atoms with Gasteiger partial charge in [0.25, 0.3) is 5.91 Å². The molecule has 0 aromatic heterocycles. The van der Waals surface area contributed by atoms with Gasteiger partial charge in [0.2, 0.25) is 0 Å². The number of halogens is 2. The number of nitrogens with one attached hydrogen (secondary N) is 1. The summed E-state index contributed by atoms with van der Waals surface area (Å²) in [5.74, 6) is -2.16. The Morgan fingerprint density at radius 1 is 1.22 bits per heavy atom. The van der Waals surface area contributed by atoms with Crippen LogP contribution in [-0.4, -0.2) is 18.0 Å². The molecule has 0 fully saturated rings. The van der Waals surface area contributed by atoms with E-state index >= 15 is 0 Å². The van der Waals surface area contributed by atoms with E-state index in [2.05, 4.69) is 5.32 Å². The van der Waals surface area contributed by atoms with Crippen LogP contribution < -0.4 is 5.32 Å².